The van der Waals surface area contributed by atoms with Crippen LogP contribution in [0.1, 0.15) is 23.3 Å². The van der Waals surface area contributed by atoms with E-state index >= 15 is 0 Å². The summed E-state index contributed by atoms with van der Waals surface area (Å²) in [6, 6.07) is 3.67. The van der Waals surface area contributed by atoms with E-state index in [1.54, 1.807) is 17.0 Å². The maximum atomic E-state index is 12.2. The van der Waals surface area contributed by atoms with E-state index in [0.29, 0.717) is 16.8 Å². The van der Waals surface area contributed by atoms with Gasteiger partial charge in [0.1, 0.15) is 5.69 Å². The molecule has 0 aromatic carbocycles. The zero-order chi connectivity index (χ0) is 12.3. The first-order valence-corrected chi connectivity index (χ1v) is 6.15. The molecule has 0 aliphatic carbocycles. The summed E-state index contributed by atoms with van der Waals surface area (Å²) in [7, 11) is 1.84. The molecule has 0 atom stereocenters. The van der Waals surface area contributed by atoms with Crippen molar-refractivity contribution in [1.82, 2.24) is 15.2 Å². The molecule has 1 fully saturated rings. The fraction of sp³-hybridized carbons (Fsp3) is 0.500. The van der Waals surface area contributed by atoms with Crippen LogP contribution in [0.25, 0.3) is 0 Å². The molecule has 92 valence electrons. The topological polar surface area (TPSA) is 45.2 Å². The van der Waals surface area contributed by atoms with Crippen molar-refractivity contribution in [2.75, 3.05) is 20.1 Å². The van der Waals surface area contributed by atoms with E-state index in [1.807, 2.05) is 7.05 Å². The summed E-state index contributed by atoms with van der Waals surface area (Å²) in [5, 5.41) is 3.83. The summed E-state index contributed by atoms with van der Waals surface area (Å²) < 4.78 is 0. The number of halogens is 1. The number of nitrogens with one attached hydrogen (secondary N) is 1. The van der Waals surface area contributed by atoms with Crippen molar-refractivity contribution in [3.05, 3.63) is 29.0 Å². The van der Waals surface area contributed by atoms with Crippen LogP contribution < -0.4 is 5.32 Å². The number of aromatic nitrogens is 1. The minimum absolute atomic E-state index is 0.0337. The molecule has 0 spiro atoms. The Kier molecular flexibility index (Phi) is 3.97. The van der Waals surface area contributed by atoms with Gasteiger partial charge in [-0.1, -0.05) is 11.6 Å². The summed E-state index contributed by atoms with van der Waals surface area (Å²) in [6.45, 7) is 1.94. The lowest BCUT2D eigenvalue weighted by molar-refractivity contribution is 0.0697. The number of rotatable bonds is 2. The van der Waals surface area contributed by atoms with Crippen molar-refractivity contribution in [2.24, 2.45) is 0 Å². The highest BCUT2D eigenvalue weighted by atomic mass is 35.5. The number of pyridine rings is 1. The Morgan fingerprint density at radius 3 is 2.76 bits per heavy atom. The largest absolute Gasteiger partial charge is 0.337 e. The van der Waals surface area contributed by atoms with E-state index in [1.165, 1.54) is 6.20 Å². The molecule has 1 aliphatic heterocycles. The number of hydrogen-bond donors (Lipinski definition) is 1. The maximum Gasteiger partial charge on any atom is 0.272 e. The summed E-state index contributed by atoms with van der Waals surface area (Å²) in [5.74, 6) is -0.0337. The number of carbonyl (C=O) groups is 1. The van der Waals surface area contributed by atoms with Gasteiger partial charge in [-0.05, 0) is 38.1 Å². The number of hydrogen-bond acceptors (Lipinski definition) is 3. The molecule has 1 saturated heterocycles. The highest BCUT2D eigenvalue weighted by molar-refractivity contribution is 6.30. The predicted octanol–water partition coefficient (Wildman–Crippen LogP) is 1.56. The zero-order valence-corrected chi connectivity index (χ0v) is 10.6. The van der Waals surface area contributed by atoms with Crippen molar-refractivity contribution >= 4 is 17.5 Å². The van der Waals surface area contributed by atoms with Gasteiger partial charge in [-0.3, -0.25) is 4.79 Å². The Balaban J connectivity index is 2.05. The molecule has 4 nitrogen and oxygen atoms in total. The third-order valence-corrected chi connectivity index (χ3v) is 3.35. The first kappa shape index (κ1) is 12.3. The molecular weight excluding hydrogens is 238 g/mol. The van der Waals surface area contributed by atoms with Crippen LogP contribution in [0.5, 0.6) is 0 Å². The highest BCUT2D eigenvalue weighted by Crippen LogP contribution is 2.14. The maximum absolute atomic E-state index is 12.2. The van der Waals surface area contributed by atoms with Crippen LogP contribution in [0.2, 0.25) is 5.02 Å². The van der Waals surface area contributed by atoms with Gasteiger partial charge in [0.2, 0.25) is 0 Å². The molecule has 0 radical (unpaired) electrons. The van der Waals surface area contributed by atoms with Crippen LogP contribution >= 0.6 is 11.6 Å². The monoisotopic (exact) mass is 253 g/mol. The molecule has 2 heterocycles. The molecule has 0 bridgehead atoms. The van der Waals surface area contributed by atoms with Crippen molar-refractivity contribution in [3.63, 3.8) is 0 Å². The Labute approximate surface area is 106 Å². The molecule has 0 unspecified atom stereocenters. The molecule has 5 heteroatoms. The Hall–Kier alpha value is -1.13. The number of carbonyl (C=O) groups excluding carboxylic acids is 1. The average Bonchev–Trinajstić information content (AvgIpc) is 2.39. The summed E-state index contributed by atoms with van der Waals surface area (Å²) >= 11 is 5.75. The van der Waals surface area contributed by atoms with Gasteiger partial charge >= 0.3 is 0 Å². The first-order valence-electron chi connectivity index (χ1n) is 5.78. The van der Waals surface area contributed by atoms with Gasteiger partial charge in [0.05, 0.1) is 5.02 Å². The van der Waals surface area contributed by atoms with Crippen molar-refractivity contribution in [1.29, 1.82) is 0 Å². The number of piperidine rings is 1. The van der Waals surface area contributed by atoms with Gasteiger partial charge < -0.3 is 10.2 Å². The van der Waals surface area contributed by atoms with Crippen LogP contribution in [0.15, 0.2) is 18.3 Å². The van der Waals surface area contributed by atoms with Crippen LogP contribution in [0.4, 0.5) is 0 Å². The van der Waals surface area contributed by atoms with E-state index < -0.39 is 0 Å². The van der Waals surface area contributed by atoms with Gasteiger partial charge in [0.15, 0.2) is 0 Å². The van der Waals surface area contributed by atoms with E-state index in [4.69, 9.17) is 11.6 Å². The van der Waals surface area contributed by atoms with Crippen LogP contribution in [0.3, 0.4) is 0 Å². The molecule has 1 amide bonds. The molecule has 17 heavy (non-hydrogen) atoms. The highest BCUT2D eigenvalue weighted by Gasteiger charge is 2.23. The second-order valence-corrected chi connectivity index (χ2v) is 4.70. The number of nitrogens with zero attached hydrogens (tertiary/aromatic N) is 2. The molecule has 1 N–H and O–H groups in total. The fourth-order valence-corrected chi connectivity index (χ4v) is 2.15. The fourth-order valence-electron chi connectivity index (χ4n) is 2.04. The zero-order valence-electron chi connectivity index (χ0n) is 9.82. The standard InChI is InChI=1S/C12H16ClN3O/c1-16(10-4-6-14-7-5-10)12(17)11-3-2-9(13)8-15-11/h2-3,8,10,14H,4-7H2,1H3. The molecule has 1 aliphatic rings. The lowest BCUT2D eigenvalue weighted by atomic mass is 10.1. The Morgan fingerprint density at radius 1 is 1.47 bits per heavy atom. The Bertz CT molecular complexity index is 387. The van der Waals surface area contributed by atoms with Gasteiger partial charge in [-0.25, -0.2) is 4.98 Å². The average molecular weight is 254 g/mol. The SMILES string of the molecule is CN(C(=O)c1ccc(Cl)cn1)C1CCNCC1. The van der Waals surface area contributed by atoms with Gasteiger partial charge in [-0.2, -0.15) is 0 Å². The molecular formula is C12H16ClN3O. The molecule has 2 rings (SSSR count). The smallest absolute Gasteiger partial charge is 0.272 e. The minimum Gasteiger partial charge on any atom is -0.337 e. The normalized spacial score (nSPS) is 16.8. The Morgan fingerprint density at radius 2 is 2.18 bits per heavy atom. The molecule has 1 aromatic rings. The first-order chi connectivity index (χ1) is 8.18. The van der Waals surface area contributed by atoms with Gasteiger partial charge in [0, 0.05) is 19.3 Å². The van der Waals surface area contributed by atoms with E-state index in [0.717, 1.165) is 25.9 Å². The van der Waals surface area contributed by atoms with Crippen molar-refractivity contribution in [2.45, 2.75) is 18.9 Å². The molecule has 1 aromatic heterocycles. The summed E-state index contributed by atoms with van der Waals surface area (Å²) in [6.07, 6.45) is 3.50. The van der Waals surface area contributed by atoms with Crippen LogP contribution in [-0.4, -0.2) is 42.0 Å². The molecule has 0 saturated carbocycles. The van der Waals surface area contributed by atoms with Crippen LogP contribution in [-0.2, 0) is 0 Å². The van der Waals surface area contributed by atoms with Crippen molar-refractivity contribution < 1.29 is 4.79 Å². The van der Waals surface area contributed by atoms with Gasteiger partial charge in [0.25, 0.3) is 5.91 Å². The van der Waals surface area contributed by atoms with E-state index in [-0.39, 0.29) is 5.91 Å². The summed E-state index contributed by atoms with van der Waals surface area (Å²) in [4.78, 5) is 18.0. The van der Waals surface area contributed by atoms with Crippen molar-refractivity contribution in [3.8, 4) is 0 Å². The van der Waals surface area contributed by atoms with E-state index in [2.05, 4.69) is 10.3 Å². The third-order valence-electron chi connectivity index (χ3n) is 3.12. The lowest BCUT2D eigenvalue weighted by Crippen LogP contribution is -2.44. The van der Waals surface area contributed by atoms with E-state index in [9.17, 15) is 4.79 Å². The van der Waals surface area contributed by atoms with Crippen LogP contribution in [0, 0.1) is 0 Å². The third kappa shape index (κ3) is 2.96. The quantitative estimate of drug-likeness (QED) is 0.870. The lowest BCUT2D eigenvalue weighted by Gasteiger charge is -2.31. The second-order valence-electron chi connectivity index (χ2n) is 4.26. The minimum atomic E-state index is -0.0337. The second kappa shape index (κ2) is 5.47. The predicted molar refractivity (Wildman–Crippen MR) is 67.2 cm³/mol. The number of amides is 1. The van der Waals surface area contributed by atoms with Gasteiger partial charge in [-0.15, -0.1) is 0 Å². The summed E-state index contributed by atoms with van der Waals surface area (Å²) in [5.41, 5.74) is 0.454.